The first-order valence-corrected chi connectivity index (χ1v) is 6.26. The molecular formula is C9H9ClFNO3S. The first-order valence-electron chi connectivity index (χ1n) is 4.24. The molecule has 88 valence electrons. The van der Waals surface area contributed by atoms with Crippen molar-refractivity contribution in [2.24, 2.45) is 0 Å². The molecule has 0 aliphatic rings. The number of carbonyl (C=O) groups is 1. The number of amides is 1. The second-order valence-corrected chi connectivity index (χ2v) is 5.02. The molecule has 1 aromatic carbocycles. The van der Waals surface area contributed by atoms with E-state index in [-0.39, 0.29) is 10.5 Å². The molecule has 0 aliphatic carbocycles. The summed E-state index contributed by atoms with van der Waals surface area (Å²) in [5.74, 6) is -1.80. The predicted octanol–water partition coefficient (Wildman–Crippen LogP) is 1.18. The van der Waals surface area contributed by atoms with Gasteiger partial charge in [0.25, 0.3) is 10.0 Å². The van der Waals surface area contributed by atoms with Gasteiger partial charge in [-0.15, -0.1) is 11.6 Å². The number of sulfonamides is 1. The minimum absolute atomic E-state index is 0.176. The first-order chi connectivity index (χ1) is 7.36. The van der Waals surface area contributed by atoms with Gasteiger partial charge in [0.05, 0.1) is 4.90 Å². The fourth-order valence-electron chi connectivity index (χ4n) is 1.02. The number of alkyl halides is 1. The predicted molar refractivity (Wildman–Crippen MR) is 57.2 cm³/mol. The number of hydrogen-bond donors (Lipinski definition) is 1. The number of carbonyl (C=O) groups excluding carboxylic acids is 1. The van der Waals surface area contributed by atoms with Crippen molar-refractivity contribution in [3.63, 3.8) is 0 Å². The Morgan fingerprint density at radius 3 is 2.62 bits per heavy atom. The number of nitrogens with one attached hydrogen (secondary N) is 1. The highest BCUT2D eigenvalue weighted by atomic mass is 35.5. The fourth-order valence-corrected chi connectivity index (χ4v) is 2.24. The monoisotopic (exact) mass is 265 g/mol. The van der Waals surface area contributed by atoms with E-state index in [9.17, 15) is 17.6 Å². The van der Waals surface area contributed by atoms with Crippen molar-refractivity contribution >= 4 is 27.5 Å². The fraction of sp³-hybridized carbons (Fsp3) is 0.222. The minimum Gasteiger partial charge on any atom is -0.273 e. The van der Waals surface area contributed by atoms with Gasteiger partial charge in [0.15, 0.2) is 0 Å². The van der Waals surface area contributed by atoms with Crippen molar-refractivity contribution in [3.8, 4) is 0 Å². The lowest BCUT2D eigenvalue weighted by Gasteiger charge is -2.06. The largest absolute Gasteiger partial charge is 0.273 e. The molecule has 0 atom stereocenters. The van der Waals surface area contributed by atoms with Crippen molar-refractivity contribution in [2.75, 3.05) is 5.88 Å². The van der Waals surface area contributed by atoms with Crippen molar-refractivity contribution < 1.29 is 17.6 Å². The van der Waals surface area contributed by atoms with E-state index in [0.717, 1.165) is 18.2 Å². The zero-order valence-electron chi connectivity index (χ0n) is 8.33. The molecule has 1 aromatic rings. The van der Waals surface area contributed by atoms with Crippen LogP contribution in [0.3, 0.4) is 0 Å². The molecule has 1 amide bonds. The molecule has 4 nitrogen and oxygen atoms in total. The molecule has 0 radical (unpaired) electrons. The van der Waals surface area contributed by atoms with Gasteiger partial charge in [-0.1, -0.05) is 0 Å². The molecule has 1 N–H and O–H groups in total. The van der Waals surface area contributed by atoms with Gasteiger partial charge in [-0.25, -0.2) is 17.5 Å². The van der Waals surface area contributed by atoms with Crippen molar-refractivity contribution in [1.29, 1.82) is 0 Å². The summed E-state index contributed by atoms with van der Waals surface area (Å²) in [4.78, 5) is 10.7. The zero-order valence-corrected chi connectivity index (χ0v) is 9.90. The third kappa shape index (κ3) is 2.93. The third-order valence-corrected chi connectivity index (χ3v) is 3.42. The van der Waals surface area contributed by atoms with Gasteiger partial charge in [0, 0.05) is 0 Å². The van der Waals surface area contributed by atoms with Gasteiger partial charge >= 0.3 is 0 Å². The summed E-state index contributed by atoms with van der Waals surface area (Å²) in [6, 6.07) is 3.24. The maximum Gasteiger partial charge on any atom is 0.264 e. The Balaban J connectivity index is 3.08. The Bertz CT molecular complexity index is 515. The summed E-state index contributed by atoms with van der Waals surface area (Å²) in [5, 5.41) is 0. The third-order valence-electron chi connectivity index (χ3n) is 1.81. The average molecular weight is 266 g/mol. The van der Waals surface area contributed by atoms with Crippen LogP contribution in [-0.4, -0.2) is 20.2 Å². The van der Waals surface area contributed by atoms with Gasteiger partial charge in [-0.05, 0) is 30.7 Å². The molecule has 16 heavy (non-hydrogen) atoms. The summed E-state index contributed by atoms with van der Waals surface area (Å²) >= 11 is 5.17. The van der Waals surface area contributed by atoms with Crippen molar-refractivity contribution in [1.82, 2.24) is 4.72 Å². The Labute approximate surface area is 97.5 Å². The Morgan fingerprint density at radius 1 is 1.50 bits per heavy atom. The van der Waals surface area contributed by atoms with E-state index in [4.69, 9.17) is 11.6 Å². The molecule has 0 aliphatic heterocycles. The first kappa shape index (κ1) is 12.9. The van der Waals surface area contributed by atoms with E-state index in [1.807, 2.05) is 0 Å². The van der Waals surface area contributed by atoms with Crippen LogP contribution in [0.1, 0.15) is 5.56 Å². The SMILES string of the molecule is Cc1cc(S(=O)(=O)NC(=O)CCl)ccc1F. The number of benzene rings is 1. The Hall–Kier alpha value is -1.14. The highest BCUT2D eigenvalue weighted by Crippen LogP contribution is 2.13. The van der Waals surface area contributed by atoms with Crippen LogP contribution >= 0.6 is 11.6 Å². The topological polar surface area (TPSA) is 63.2 Å². The van der Waals surface area contributed by atoms with Crippen LogP contribution in [0.25, 0.3) is 0 Å². The second kappa shape index (κ2) is 4.80. The maximum absolute atomic E-state index is 12.9. The summed E-state index contributed by atoms with van der Waals surface area (Å²) in [5.41, 5.74) is 0.182. The van der Waals surface area contributed by atoms with E-state index in [2.05, 4.69) is 0 Å². The van der Waals surface area contributed by atoms with E-state index < -0.39 is 27.6 Å². The maximum atomic E-state index is 12.9. The van der Waals surface area contributed by atoms with E-state index in [0.29, 0.717) is 0 Å². The van der Waals surface area contributed by atoms with Crippen LogP contribution in [0.15, 0.2) is 23.1 Å². The van der Waals surface area contributed by atoms with Crippen molar-refractivity contribution in [2.45, 2.75) is 11.8 Å². The zero-order chi connectivity index (χ0) is 12.3. The number of hydrogen-bond acceptors (Lipinski definition) is 3. The molecule has 1 rings (SSSR count). The molecule has 0 bridgehead atoms. The highest BCUT2D eigenvalue weighted by Gasteiger charge is 2.17. The van der Waals surface area contributed by atoms with E-state index in [1.54, 1.807) is 4.72 Å². The molecule has 0 heterocycles. The summed E-state index contributed by atoms with van der Waals surface area (Å²) in [6.45, 7) is 1.43. The lowest BCUT2D eigenvalue weighted by atomic mass is 10.2. The molecule has 0 fully saturated rings. The molecule has 0 saturated carbocycles. The standard InChI is InChI=1S/C9H9ClFNO3S/c1-6-4-7(2-3-8(6)11)16(14,15)12-9(13)5-10/h2-4H,5H2,1H3,(H,12,13). The van der Waals surface area contributed by atoms with Crippen LogP contribution in [0.4, 0.5) is 4.39 Å². The Morgan fingerprint density at radius 2 is 2.12 bits per heavy atom. The molecule has 0 aromatic heterocycles. The van der Waals surface area contributed by atoms with Crippen LogP contribution in [-0.2, 0) is 14.8 Å². The average Bonchev–Trinajstić information content (AvgIpc) is 2.21. The van der Waals surface area contributed by atoms with Gasteiger partial charge < -0.3 is 0 Å². The van der Waals surface area contributed by atoms with Gasteiger partial charge in [0.2, 0.25) is 5.91 Å². The van der Waals surface area contributed by atoms with E-state index >= 15 is 0 Å². The summed E-state index contributed by atoms with van der Waals surface area (Å²) in [7, 11) is -3.96. The highest BCUT2D eigenvalue weighted by molar-refractivity contribution is 7.90. The number of aryl methyl sites for hydroxylation is 1. The normalized spacial score (nSPS) is 11.2. The summed E-state index contributed by atoms with van der Waals surface area (Å²) < 4.78 is 37.8. The van der Waals surface area contributed by atoms with Crippen LogP contribution in [0.2, 0.25) is 0 Å². The van der Waals surface area contributed by atoms with Gasteiger partial charge in [-0.3, -0.25) is 4.79 Å². The van der Waals surface area contributed by atoms with Crippen molar-refractivity contribution in [3.05, 3.63) is 29.6 Å². The van der Waals surface area contributed by atoms with E-state index in [1.165, 1.54) is 6.92 Å². The number of halogens is 2. The quantitative estimate of drug-likeness (QED) is 0.835. The lowest BCUT2D eigenvalue weighted by molar-refractivity contribution is -0.116. The van der Waals surface area contributed by atoms with Gasteiger partial charge in [0.1, 0.15) is 11.7 Å². The molecule has 0 spiro atoms. The second-order valence-electron chi connectivity index (χ2n) is 3.07. The van der Waals surface area contributed by atoms with Crippen LogP contribution in [0, 0.1) is 12.7 Å². The van der Waals surface area contributed by atoms with Gasteiger partial charge in [-0.2, -0.15) is 0 Å². The lowest BCUT2D eigenvalue weighted by Crippen LogP contribution is -2.31. The number of rotatable bonds is 3. The molecule has 7 heteroatoms. The minimum atomic E-state index is -3.96. The molecular weight excluding hydrogens is 257 g/mol. The smallest absolute Gasteiger partial charge is 0.264 e. The van der Waals surface area contributed by atoms with Crippen LogP contribution < -0.4 is 4.72 Å². The van der Waals surface area contributed by atoms with Crippen LogP contribution in [0.5, 0.6) is 0 Å². The summed E-state index contributed by atoms with van der Waals surface area (Å²) in [6.07, 6.45) is 0. The Kier molecular flexibility index (Phi) is 3.88. The molecule has 0 saturated heterocycles. The molecule has 0 unspecified atom stereocenters.